The van der Waals surface area contributed by atoms with E-state index in [0.717, 1.165) is 44.2 Å². The molecule has 1 unspecified atom stereocenters. The molecule has 0 saturated carbocycles. The van der Waals surface area contributed by atoms with Gasteiger partial charge in [0.2, 0.25) is 0 Å². The predicted octanol–water partition coefficient (Wildman–Crippen LogP) is 2.91. The molecule has 0 bridgehead atoms. The number of pyridine rings is 1. The zero-order valence-corrected chi connectivity index (χ0v) is 12.1. The van der Waals surface area contributed by atoms with Crippen molar-refractivity contribution in [2.45, 2.75) is 38.7 Å². The Bertz CT molecular complexity index is 377. The summed E-state index contributed by atoms with van der Waals surface area (Å²) in [5.41, 5.74) is 0. The van der Waals surface area contributed by atoms with Gasteiger partial charge in [-0.2, -0.15) is 0 Å². The van der Waals surface area contributed by atoms with Gasteiger partial charge in [-0.3, -0.25) is 0 Å². The largest absolute Gasteiger partial charge is 0.376 e. The van der Waals surface area contributed by atoms with Crippen molar-refractivity contribution < 1.29 is 4.74 Å². The number of aromatic nitrogens is 1. The van der Waals surface area contributed by atoms with Crippen LogP contribution in [0.15, 0.2) is 18.2 Å². The molecule has 0 radical (unpaired) electrons. The van der Waals surface area contributed by atoms with Crippen LogP contribution in [-0.2, 0) is 4.74 Å². The minimum absolute atomic E-state index is 0.354. The fourth-order valence-corrected chi connectivity index (χ4v) is 2.34. The van der Waals surface area contributed by atoms with Gasteiger partial charge in [-0.05, 0) is 37.8 Å². The lowest BCUT2D eigenvalue weighted by Crippen LogP contribution is -2.33. The first kappa shape index (κ1) is 14.1. The SMILES string of the molecule is CCCNc1cccc(N(C)CC2CCCCO2)n1. The summed E-state index contributed by atoms with van der Waals surface area (Å²) < 4.78 is 5.78. The topological polar surface area (TPSA) is 37.4 Å². The smallest absolute Gasteiger partial charge is 0.130 e. The predicted molar refractivity (Wildman–Crippen MR) is 79.9 cm³/mol. The van der Waals surface area contributed by atoms with Gasteiger partial charge >= 0.3 is 0 Å². The molecule has 1 aromatic heterocycles. The molecular formula is C15H25N3O. The second-order valence-electron chi connectivity index (χ2n) is 5.18. The second-order valence-corrected chi connectivity index (χ2v) is 5.18. The fourth-order valence-electron chi connectivity index (χ4n) is 2.34. The maximum absolute atomic E-state index is 5.78. The molecular weight excluding hydrogens is 238 g/mol. The van der Waals surface area contributed by atoms with Crippen molar-refractivity contribution in [3.8, 4) is 0 Å². The zero-order valence-electron chi connectivity index (χ0n) is 12.1. The highest BCUT2D eigenvalue weighted by Gasteiger charge is 2.16. The Hall–Kier alpha value is -1.29. The molecule has 1 aliphatic rings. The van der Waals surface area contributed by atoms with Crippen molar-refractivity contribution in [2.75, 3.05) is 37.0 Å². The molecule has 0 aliphatic carbocycles. The average molecular weight is 263 g/mol. The molecule has 1 fully saturated rings. The Morgan fingerprint density at radius 3 is 3.05 bits per heavy atom. The van der Waals surface area contributed by atoms with E-state index in [9.17, 15) is 0 Å². The van der Waals surface area contributed by atoms with Crippen LogP contribution in [0.4, 0.5) is 11.6 Å². The number of hydrogen-bond acceptors (Lipinski definition) is 4. The van der Waals surface area contributed by atoms with Gasteiger partial charge in [0.05, 0.1) is 6.10 Å². The minimum Gasteiger partial charge on any atom is -0.376 e. The molecule has 1 aliphatic heterocycles. The first-order valence-electron chi connectivity index (χ1n) is 7.33. The summed E-state index contributed by atoms with van der Waals surface area (Å²) in [6.07, 6.45) is 5.11. The van der Waals surface area contributed by atoms with Crippen molar-refractivity contribution >= 4 is 11.6 Å². The van der Waals surface area contributed by atoms with Crippen LogP contribution in [0.5, 0.6) is 0 Å². The van der Waals surface area contributed by atoms with Gasteiger partial charge in [-0.1, -0.05) is 13.0 Å². The highest BCUT2D eigenvalue weighted by Crippen LogP contribution is 2.17. The minimum atomic E-state index is 0.354. The summed E-state index contributed by atoms with van der Waals surface area (Å²) in [6.45, 7) is 4.95. The highest BCUT2D eigenvalue weighted by molar-refractivity contribution is 5.46. The lowest BCUT2D eigenvalue weighted by Gasteiger charge is -2.28. The third kappa shape index (κ3) is 4.39. The summed E-state index contributed by atoms with van der Waals surface area (Å²) in [5, 5.41) is 3.32. The van der Waals surface area contributed by atoms with E-state index in [1.807, 2.05) is 6.07 Å². The van der Waals surface area contributed by atoms with Crippen LogP contribution in [0.1, 0.15) is 32.6 Å². The molecule has 4 heteroatoms. The molecule has 1 aromatic rings. The molecule has 1 atom stereocenters. The molecule has 4 nitrogen and oxygen atoms in total. The Balaban J connectivity index is 1.91. The van der Waals surface area contributed by atoms with Crippen molar-refractivity contribution in [2.24, 2.45) is 0 Å². The van der Waals surface area contributed by atoms with Crippen molar-refractivity contribution in [3.63, 3.8) is 0 Å². The van der Waals surface area contributed by atoms with E-state index in [4.69, 9.17) is 4.74 Å². The molecule has 2 heterocycles. The van der Waals surface area contributed by atoms with E-state index in [1.165, 1.54) is 12.8 Å². The summed E-state index contributed by atoms with van der Waals surface area (Å²) in [6, 6.07) is 6.13. The lowest BCUT2D eigenvalue weighted by atomic mass is 10.1. The number of rotatable bonds is 6. The number of likely N-dealkylation sites (N-methyl/N-ethyl adjacent to an activating group) is 1. The molecule has 106 valence electrons. The first-order valence-corrected chi connectivity index (χ1v) is 7.33. The second kappa shape index (κ2) is 7.34. The van der Waals surface area contributed by atoms with Crippen molar-refractivity contribution in [1.82, 2.24) is 4.98 Å². The average Bonchev–Trinajstić information content (AvgIpc) is 2.46. The van der Waals surface area contributed by atoms with E-state index >= 15 is 0 Å². The molecule has 19 heavy (non-hydrogen) atoms. The molecule has 0 spiro atoms. The summed E-state index contributed by atoms with van der Waals surface area (Å²) in [7, 11) is 2.09. The van der Waals surface area contributed by atoms with Crippen LogP contribution < -0.4 is 10.2 Å². The monoisotopic (exact) mass is 263 g/mol. The van der Waals surface area contributed by atoms with E-state index in [1.54, 1.807) is 0 Å². The van der Waals surface area contributed by atoms with Gasteiger partial charge in [0.15, 0.2) is 0 Å². The zero-order chi connectivity index (χ0) is 13.5. The first-order chi connectivity index (χ1) is 9.29. The van der Waals surface area contributed by atoms with Crippen molar-refractivity contribution in [3.05, 3.63) is 18.2 Å². The van der Waals surface area contributed by atoms with Crippen LogP contribution in [0, 0.1) is 0 Å². The molecule has 1 saturated heterocycles. The molecule has 1 N–H and O–H groups in total. The third-order valence-electron chi connectivity index (χ3n) is 3.43. The van der Waals surface area contributed by atoms with Gasteiger partial charge in [0.25, 0.3) is 0 Å². The normalized spacial score (nSPS) is 19.2. The van der Waals surface area contributed by atoms with Gasteiger partial charge in [0.1, 0.15) is 11.6 Å². The fraction of sp³-hybridized carbons (Fsp3) is 0.667. The maximum Gasteiger partial charge on any atom is 0.130 e. The molecule has 0 aromatic carbocycles. The highest BCUT2D eigenvalue weighted by atomic mass is 16.5. The quantitative estimate of drug-likeness (QED) is 0.856. The summed E-state index contributed by atoms with van der Waals surface area (Å²) in [4.78, 5) is 6.82. The number of hydrogen-bond donors (Lipinski definition) is 1. The number of nitrogens with one attached hydrogen (secondary N) is 1. The van der Waals surface area contributed by atoms with Crippen LogP contribution in [0.3, 0.4) is 0 Å². The van der Waals surface area contributed by atoms with Gasteiger partial charge < -0.3 is 15.0 Å². The van der Waals surface area contributed by atoms with Crippen molar-refractivity contribution in [1.29, 1.82) is 0 Å². The van der Waals surface area contributed by atoms with Crippen LogP contribution >= 0.6 is 0 Å². The van der Waals surface area contributed by atoms with E-state index in [0.29, 0.717) is 6.10 Å². The Labute approximate surface area is 116 Å². The lowest BCUT2D eigenvalue weighted by molar-refractivity contribution is 0.0215. The van der Waals surface area contributed by atoms with Gasteiger partial charge in [-0.15, -0.1) is 0 Å². The summed E-state index contributed by atoms with van der Waals surface area (Å²) >= 11 is 0. The molecule has 0 amide bonds. The number of anilines is 2. The van der Waals surface area contributed by atoms with Crippen LogP contribution in [0.2, 0.25) is 0 Å². The van der Waals surface area contributed by atoms with E-state index < -0.39 is 0 Å². The molecule has 2 rings (SSSR count). The van der Waals surface area contributed by atoms with Crippen LogP contribution in [0.25, 0.3) is 0 Å². The maximum atomic E-state index is 5.78. The Kier molecular flexibility index (Phi) is 5.45. The standard InChI is InChI=1S/C15H25N3O/c1-3-10-16-14-8-6-9-15(17-14)18(2)12-13-7-4-5-11-19-13/h6,8-9,13H,3-5,7,10-12H2,1-2H3,(H,16,17). The Morgan fingerprint density at radius 2 is 2.32 bits per heavy atom. The third-order valence-corrected chi connectivity index (χ3v) is 3.43. The number of ether oxygens (including phenoxy) is 1. The van der Waals surface area contributed by atoms with E-state index in [2.05, 4.69) is 41.3 Å². The van der Waals surface area contributed by atoms with Gasteiger partial charge in [0, 0.05) is 26.7 Å². The Morgan fingerprint density at radius 1 is 1.42 bits per heavy atom. The van der Waals surface area contributed by atoms with E-state index in [-0.39, 0.29) is 0 Å². The van der Waals surface area contributed by atoms with Gasteiger partial charge in [-0.25, -0.2) is 4.98 Å². The van der Waals surface area contributed by atoms with Crippen LogP contribution in [-0.4, -0.2) is 37.8 Å². The summed E-state index contributed by atoms with van der Waals surface area (Å²) in [5.74, 6) is 1.96. The number of nitrogens with zero attached hydrogens (tertiary/aromatic N) is 2.